The van der Waals surface area contributed by atoms with Crippen LogP contribution >= 0.6 is 0 Å². The first-order valence-corrected chi connectivity index (χ1v) is 7.37. The zero-order valence-corrected chi connectivity index (χ0v) is 12.5. The lowest BCUT2D eigenvalue weighted by Gasteiger charge is -2.46. The van der Waals surface area contributed by atoms with Crippen molar-refractivity contribution < 1.29 is 0 Å². The molecule has 0 aromatic heterocycles. The van der Waals surface area contributed by atoms with Crippen molar-refractivity contribution in [3.63, 3.8) is 0 Å². The van der Waals surface area contributed by atoms with E-state index in [9.17, 15) is 0 Å². The molecule has 0 aromatic rings. The second kappa shape index (κ2) is 7.27. The topological polar surface area (TPSA) is 41.3 Å². The van der Waals surface area contributed by atoms with Crippen LogP contribution in [0, 0.1) is 0 Å². The van der Waals surface area contributed by atoms with Gasteiger partial charge < -0.3 is 4.90 Å². The van der Waals surface area contributed by atoms with Crippen molar-refractivity contribution >= 4 is 0 Å². The highest BCUT2D eigenvalue weighted by Gasteiger charge is 2.40. The smallest absolute Gasteiger partial charge is 0.0431 e. The molecule has 0 saturated heterocycles. The molecule has 1 rings (SSSR count). The Morgan fingerprint density at radius 1 is 1.28 bits per heavy atom. The van der Waals surface area contributed by atoms with Gasteiger partial charge in [0.25, 0.3) is 0 Å². The third kappa shape index (κ3) is 3.56. The number of nitrogens with two attached hydrogens (primary N) is 1. The van der Waals surface area contributed by atoms with Gasteiger partial charge >= 0.3 is 0 Å². The molecule has 0 radical (unpaired) electrons. The summed E-state index contributed by atoms with van der Waals surface area (Å²) in [6.07, 6.45) is 9.87. The second-order valence-electron chi connectivity index (χ2n) is 5.94. The van der Waals surface area contributed by atoms with Crippen LogP contribution in [0.1, 0.15) is 58.3 Å². The minimum absolute atomic E-state index is 0.198. The van der Waals surface area contributed by atoms with Gasteiger partial charge in [-0.15, -0.1) is 0 Å². The molecular formula is C15H31N3. The number of likely N-dealkylation sites (N-methyl/N-ethyl adjacent to an activating group) is 1. The number of nitrogens with zero attached hydrogens (tertiary/aromatic N) is 1. The maximum Gasteiger partial charge on any atom is 0.0431 e. The molecule has 0 bridgehead atoms. The van der Waals surface area contributed by atoms with Crippen molar-refractivity contribution in [1.82, 2.24) is 10.3 Å². The third-order valence-electron chi connectivity index (χ3n) is 4.70. The minimum Gasteiger partial charge on any atom is -0.302 e. The Kier molecular flexibility index (Phi) is 6.33. The molecule has 0 amide bonds. The molecule has 1 fully saturated rings. The van der Waals surface area contributed by atoms with Crippen molar-refractivity contribution in [3.05, 3.63) is 12.2 Å². The zero-order chi connectivity index (χ0) is 13.6. The lowest BCUT2D eigenvalue weighted by molar-refractivity contribution is 0.0799. The van der Waals surface area contributed by atoms with Gasteiger partial charge in [-0.3, -0.25) is 11.3 Å². The first-order valence-electron chi connectivity index (χ1n) is 7.37. The summed E-state index contributed by atoms with van der Waals surface area (Å²) < 4.78 is 0. The van der Waals surface area contributed by atoms with Gasteiger partial charge in [-0.2, -0.15) is 0 Å². The van der Waals surface area contributed by atoms with Crippen molar-refractivity contribution in [2.75, 3.05) is 14.1 Å². The quantitative estimate of drug-likeness (QED) is 0.331. The maximum absolute atomic E-state index is 5.86. The Labute approximate surface area is 113 Å². The zero-order valence-electron chi connectivity index (χ0n) is 12.5. The van der Waals surface area contributed by atoms with Gasteiger partial charge in [0.15, 0.2) is 0 Å². The Morgan fingerprint density at radius 2 is 1.83 bits per heavy atom. The minimum atomic E-state index is 0.198. The average molecular weight is 253 g/mol. The third-order valence-corrected chi connectivity index (χ3v) is 4.70. The second-order valence-corrected chi connectivity index (χ2v) is 5.94. The van der Waals surface area contributed by atoms with Gasteiger partial charge in [0, 0.05) is 11.6 Å². The van der Waals surface area contributed by atoms with E-state index in [0.717, 1.165) is 12.8 Å². The fourth-order valence-corrected chi connectivity index (χ4v) is 3.29. The predicted octanol–water partition coefficient (Wildman–Crippen LogP) is 2.83. The molecule has 1 aliphatic carbocycles. The summed E-state index contributed by atoms with van der Waals surface area (Å²) in [6, 6.07) is 0.318. The number of nitrogens with one attached hydrogen (secondary N) is 1. The van der Waals surface area contributed by atoms with E-state index in [1.165, 1.54) is 44.1 Å². The van der Waals surface area contributed by atoms with Gasteiger partial charge in [0.2, 0.25) is 0 Å². The molecule has 0 spiro atoms. The standard InChI is InChI=1S/C15H31N3/c1-5-13(2)12-14(17-16)15(18(3)4)10-8-6-7-9-11-15/h14,17H,2,5-12,16H2,1,3-4H3. The summed E-state index contributed by atoms with van der Waals surface area (Å²) in [5, 5.41) is 0. The molecule has 1 atom stereocenters. The summed E-state index contributed by atoms with van der Waals surface area (Å²) in [5.41, 5.74) is 4.58. The van der Waals surface area contributed by atoms with Gasteiger partial charge in [0.1, 0.15) is 0 Å². The Hall–Kier alpha value is -0.380. The molecule has 3 nitrogen and oxygen atoms in total. The van der Waals surface area contributed by atoms with E-state index >= 15 is 0 Å². The molecule has 1 aliphatic rings. The van der Waals surface area contributed by atoms with Crippen LogP contribution < -0.4 is 11.3 Å². The summed E-state index contributed by atoms with van der Waals surface area (Å²) in [5.74, 6) is 5.86. The fourth-order valence-electron chi connectivity index (χ4n) is 3.29. The fraction of sp³-hybridized carbons (Fsp3) is 0.867. The lowest BCUT2D eigenvalue weighted by Crippen LogP contribution is -2.60. The first-order chi connectivity index (χ1) is 8.56. The SMILES string of the molecule is C=C(CC)CC(NN)C1(N(C)C)CCCCCC1. The van der Waals surface area contributed by atoms with E-state index in [1.54, 1.807) is 0 Å². The van der Waals surface area contributed by atoms with Gasteiger partial charge in [-0.05, 0) is 39.8 Å². The van der Waals surface area contributed by atoms with Crippen LogP contribution in [0.4, 0.5) is 0 Å². The number of hydrazine groups is 1. The monoisotopic (exact) mass is 253 g/mol. The molecule has 106 valence electrons. The Balaban J connectivity index is 2.88. The summed E-state index contributed by atoms with van der Waals surface area (Å²) in [7, 11) is 4.40. The molecule has 3 N–H and O–H groups in total. The predicted molar refractivity (Wildman–Crippen MR) is 79.3 cm³/mol. The molecule has 18 heavy (non-hydrogen) atoms. The van der Waals surface area contributed by atoms with E-state index in [1.807, 2.05) is 0 Å². The molecular weight excluding hydrogens is 222 g/mol. The first kappa shape index (κ1) is 15.7. The Bertz CT molecular complexity index is 252. The van der Waals surface area contributed by atoms with E-state index in [2.05, 4.69) is 37.9 Å². The molecule has 1 unspecified atom stereocenters. The van der Waals surface area contributed by atoms with E-state index in [0.29, 0.717) is 6.04 Å². The van der Waals surface area contributed by atoms with Crippen LogP contribution in [-0.4, -0.2) is 30.6 Å². The van der Waals surface area contributed by atoms with E-state index in [-0.39, 0.29) is 5.54 Å². The molecule has 0 heterocycles. The van der Waals surface area contributed by atoms with E-state index in [4.69, 9.17) is 5.84 Å². The van der Waals surface area contributed by atoms with Crippen LogP contribution in [0.15, 0.2) is 12.2 Å². The van der Waals surface area contributed by atoms with Crippen molar-refractivity contribution in [2.45, 2.75) is 69.9 Å². The Morgan fingerprint density at radius 3 is 2.22 bits per heavy atom. The van der Waals surface area contributed by atoms with Crippen LogP contribution in [0.5, 0.6) is 0 Å². The molecule has 0 aromatic carbocycles. The molecule has 1 saturated carbocycles. The highest BCUT2D eigenvalue weighted by atomic mass is 15.3. The van der Waals surface area contributed by atoms with Crippen molar-refractivity contribution in [3.8, 4) is 0 Å². The summed E-state index contributed by atoms with van der Waals surface area (Å²) in [6.45, 7) is 6.33. The number of hydrogen-bond donors (Lipinski definition) is 2. The van der Waals surface area contributed by atoms with Gasteiger partial charge in [-0.25, -0.2) is 0 Å². The number of hydrogen-bond acceptors (Lipinski definition) is 3. The normalized spacial score (nSPS) is 21.6. The van der Waals surface area contributed by atoms with Gasteiger partial charge in [-0.1, -0.05) is 44.8 Å². The summed E-state index contributed by atoms with van der Waals surface area (Å²) in [4.78, 5) is 2.39. The van der Waals surface area contributed by atoms with E-state index < -0.39 is 0 Å². The average Bonchev–Trinajstić information content (AvgIpc) is 2.62. The largest absolute Gasteiger partial charge is 0.302 e. The highest BCUT2D eigenvalue weighted by molar-refractivity contribution is 5.06. The molecule has 3 heteroatoms. The lowest BCUT2D eigenvalue weighted by atomic mass is 9.78. The van der Waals surface area contributed by atoms with Crippen molar-refractivity contribution in [1.29, 1.82) is 0 Å². The van der Waals surface area contributed by atoms with Gasteiger partial charge in [0.05, 0.1) is 0 Å². The highest BCUT2D eigenvalue weighted by Crippen LogP contribution is 2.36. The molecule has 0 aliphatic heterocycles. The summed E-state index contributed by atoms with van der Waals surface area (Å²) >= 11 is 0. The number of rotatable bonds is 6. The van der Waals surface area contributed by atoms with Crippen LogP contribution in [-0.2, 0) is 0 Å². The maximum atomic E-state index is 5.86. The van der Waals surface area contributed by atoms with Crippen LogP contribution in [0.3, 0.4) is 0 Å². The van der Waals surface area contributed by atoms with Crippen LogP contribution in [0.2, 0.25) is 0 Å². The van der Waals surface area contributed by atoms with Crippen molar-refractivity contribution in [2.24, 2.45) is 5.84 Å². The van der Waals surface area contributed by atoms with Crippen LogP contribution in [0.25, 0.3) is 0 Å².